The first kappa shape index (κ1) is 12.9. The molecule has 0 spiro atoms. The van der Waals surface area contributed by atoms with Gasteiger partial charge in [0, 0.05) is 11.9 Å². The summed E-state index contributed by atoms with van der Waals surface area (Å²) in [5.41, 5.74) is -0.331. The average molecular weight is 248 g/mol. The minimum atomic E-state index is -0.872. The predicted molar refractivity (Wildman–Crippen MR) is 58.7 cm³/mol. The van der Waals surface area contributed by atoms with Crippen LogP contribution in [0.5, 0.6) is 0 Å². The van der Waals surface area contributed by atoms with Crippen LogP contribution in [-0.4, -0.2) is 17.8 Å². The summed E-state index contributed by atoms with van der Waals surface area (Å²) in [5, 5.41) is 2.06. The van der Waals surface area contributed by atoms with Gasteiger partial charge < -0.3 is 5.32 Å². The zero-order valence-corrected chi connectivity index (χ0v) is 9.74. The molecule has 16 heavy (non-hydrogen) atoms. The molecule has 1 atom stereocenters. The number of aryl methyl sites for hydroxylation is 1. The van der Waals surface area contributed by atoms with Gasteiger partial charge in [-0.2, -0.15) is 0 Å². The van der Waals surface area contributed by atoms with Crippen LogP contribution >= 0.6 is 11.6 Å². The molecule has 0 saturated carbocycles. The second kappa shape index (κ2) is 5.25. The van der Waals surface area contributed by atoms with Crippen molar-refractivity contribution in [1.29, 1.82) is 0 Å². The zero-order chi connectivity index (χ0) is 12.3. The van der Waals surface area contributed by atoms with Crippen LogP contribution in [-0.2, 0) is 0 Å². The Morgan fingerprint density at radius 2 is 2.12 bits per heavy atom. The highest BCUT2D eigenvalue weighted by atomic mass is 35.5. The van der Waals surface area contributed by atoms with Gasteiger partial charge in [0.2, 0.25) is 0 Å². The Morgan fingerprint density at radius 3 is 2.69 bits per heavy atom. The van der Waals surface area contributed by atoms with Gasteiger partial charge in [-0.3, -0.25) is 4.79 Å². The Kier molecular flexibility index (Phi) is 4.24. The Hall–Kier alpha value is -1.16. The van der Waals surface area contributed by atoms with E-state index < -0.39 is 23.1 Å². The first-order valence-electron chi connectivity index (χ1n) is 4.80. The molecule has 0 aliphatic carbocycles. The van der Waals surface area contributed by atoms with Crippen LogP contribution in [0.2, 0.25) is 0 Å². The van der Waals surface area contributed by atoms with Crippen LogP contribution in [0.15, 0.2) is 12.1 Å². The van der Waals surface area contributed by atoms with Crippen LogP contribution in [0.1, 0.15) is 22.8 Å². The minimum absolute atomic E-state index is 0.160. The van der Waals surface area contributed by atoms with Crippen molar-refractivity contribution in [3.8, 4) is 0 Å². The van der Waals surface area contributed by atoms with Crippen LogP contribution in [0.4, 0.5) is 8.78 Å². The summed E-state index contributed by atoms with van der Waals surface area (Å²) in [6.07, 6.45) is 0. The maximum atomic E-state index is 13.5. The maximum Gasteiger partial charge on any atom is 0.257 e. The van der Waals surface area contributed by atoms with Crippen molar-refractivity contribution in [2.75, 3.05) is 6.54 Å². The molecule has 5 heteroatoms. The number of rotatable bonds is 3. The lowest BCUT2D eigenvalue weighted by molar-refractivity contribution is 0.0945. The SMILES string of the molecule is Cc1ccc(F)c(C(=O)NCC(C)Cl)c1F. The molecular weight excluding hydrogens is 236 g/mol. The number of carbonyl (C=O) groups excluding carboxylic acids is 1. The predicted octanol–water partition coefficient (Wildman–Crippen LogP) is 2.63. The summed E-state index contributed by atoms with van der Waals surface area (Å²) >= 11 is 5.62. The fraction of sp³-hybridized carbons (Fsp3) is 0.364. The molecule has 2 nitrogen and oxygen atoms in total. The summed E-state index contributed by atoms with van der Waals surface area (Å²) in [7, 11) is 0. The third-order valence-electron chi connectivity index (χ3n) is 2.06. The van der Waals surface area contributed by atoms with Gasteiger partial charge in [-0.1, -0.05) is 6.07 Å². The minimum Gasteiger partial charge on any atom is -0.350 e. The second-order valence-corrected chi connectivity index (χ2v) is 4.29. The van der Waals surface area contributed by atoms with Crippen LogP contribution in [0.25, 0.3) is 0 Å². The molecule has 88 valence electrons. The largest absolute Gasteiger partial charge is 0.350 e. The lowest BCUT2D eigenvalue weighted by Gasteiger charge is -2.09. The number of hydrogen-bond donors (Lipinski definition) is 1. The summed E-state index contributed by atoms with van der Waals surface area (Å²) in [6.45, 7) is 3.30. The van der Waals surface area contributed by atoms with E-state index in [1.807, 2.05) is 0 Å². The number of halogens is 3. The van der Waals surface area contributed by atoms with Crippen molar-refractivity contribution in [3.63, 3.8) is 0 Å². The third-order valence-corrected chi connectivity index (χ3v) is 2.21. The molecule has 1 unspecified atom stereocenters. The van der Waals surface area contributed by atoms with Crippen molar-refractivity contribution in [2.24, 2.45) is 0 Å². The van der Waals surface area contributed by atoms with Gasteiger partial charge in [0.1, 0.15) is 17.2 Å². The molecule has 0 heterocycles. The van der Waals surface area contributed by atoms with Gasteiger partial charge in [0.25, 0.3) is 5.91 Å². The highest BCUT2D eigenvalue weighted by molar-refractivity contribution is 6.20. The van der Waals surface area contributed by atoms with E-state index in [4.69, 9.17) is 11.6 Å². The maximum absolute atomic E-state index is 13.5. The molecular formula is C11H12ClF2NO. The molecule has 1 rings (SSSR count). The smallest absolute Gasteiger partial charge is 0.257 e. The van der Waals surface area contributed by atoms with Gasteiger partial charge in [-0.25, -0.2) is 8.78 Å². The number of hydrogen-bond acceptors (Lipinski definition) is 1. The average Bonchev–Trinajstić information content (AvgIpc) is 2.21. The number of carbonyl (C=O) groups is 1. The number of alkyl halides is 1. The molecule has 0 aromatic heterocycles. The molecule has 0 aliphatic rings. The normalized spacial score (nSPS) is 12.3. The molecule has 1 N–H and O–H groups in total. The molecule has 0 aliphatic heterocycles. The summed E-state index contributed by atoms with van der Waals surface area (Å²) in [5.74, 6) is -2.49. The van der Waals surface area contributed by atoms with Gasteiger partial charge in [-0.15, -0.1) is 11.6 Å². The first-order chi connectivity index (χ1) is 7.43. The number of nitrogens with one attached hydrogen (secondary N) is 1. The molecule has 1 aromatic carbocycles. The molecule has 1 amide bonds. The monoisotopic (exact) mass is 247 g/mol. The third kappa shape index (κ3) is 2.92. The number of benzene rings is 1. The van der Waals surface area contributed by atoms with E-state index in [9.17, 15) is 13.6 Å². The Balaban J connectivity index is 2.95. The van der Waals surface area contributed by atoms with Gasteiger partial charge in [-0.05, 0) is 25.5 Å². The van der Waals surface area contributed by atoms with Crippen molar-refractivity contribution in [2.45, 2.75) is 19.2 Å². The van der Waals surface area contributed by atoms with Crippen LogP contribution < -0.4 is 5.32 Å². The van der Waals surface area contributed by atoms with E-state index in [0.29, 0.717) is 0 Å². The van der Waals surface area contributed by atoms with Crippen LogP contribution in [0, 0.1) is 18.6 Å². The van der Waals surface area contributed by atoms with E-state index in [-0.39, 0.29) is 17.5 Å². The Labute approximate surface area is 97.6 Å². The molecule has 0 fully saturated rings. The second-order valence-electron chi connectivity index (χ2n) is 3.54. The Bertz CT molecular complexity index is 407. The fourth-order valence-corrected chi connectivity index (χ4v) is 1.26. The van der Waals surface area contributed by atoms with Gasteiger partial charge >= 0.3 is 0 Å². The summed E-state index contributed by atoms with van der Waals surface area (Å²) in [6, 6.07) is 2.35. The molecule has 0 bridgehead atoms. The van der Waals surface area contributed by atoms with Crippen molar-refractivity contribution >= 4 is 17.5 Å². The standard InChI is InChI=1S/C11H12ClF2NO/c1-6-3-4-8(13)9(10(6)14)11(16)15-5-7(2)12/h3-4,7H,5H2,1-2H3,(H,15,16). The Morgan fingerprint density at radius 1 is 1.50 bits per heavy atom. The summed E-state index contributed by atoms with van der Waals surface area (Å²) in [4.78, 5) is 11.5. The highest BCUT2D eigenvalue weighted by Crippen LogP contribution is 2.16. The van der Waals surface area contributed by atoms with E-state index >= 15 is 0 Å². The molecule has 1 aromatic rings. The lowest BCUT2D eigenvalue weighted by atomic mass is 10.1. The topological polar surface area (TPSA) is 29.1 Å². The fourth-order valence-electron chi connectivity index (χ4n) is 1.19. The zero-order valence-electron chi connectivity index (χ0n) is 8.98. The van der Waals surface area contributed by atoms with E-state index in [1.165, 1.54) is 13.0 Å². The van der Waals surface area contributed by atoms with Crippen LogP contribution in [0.3, 0.4) is 0 Å². The molecule has 0 radical (unpaired) electrons. The van der Waals surface area contributed by atoms with Crippen molar-refractivity contribution in [3.05, 3.63) is 34.9 Å². The van der Waals surface area contributed by atoms with Gasteiger partial charge in [0.05, 0.1) is 0 Å². The van der Waals surface area contributed by atoms with Crippen molar-refractivity contribution in [1.82, 2.24) is 5.32 Å². The highest BCUT2D eigenvalue weighted by Gasteiger charge is 2.18. The first-order valence-corrected chi connectivity index (χ1v) is 5.24. The van der Waals surface area contributed by atoms with E-state index in [0.717, 1.165) is 6.07 Å². The van der Waals surface area contributed by atoms with Gasteiger partial charge in [0.15, 0.2) is 0 Å². The van der Waals surface area contributed by atoms with E-state index in [1.54, 1.807) is 6.92 Å². The summed E-state index contributed by atoms with van der Waals surface area (Å²) < 4.78 is 26.8. The lowest BCUT2D eigenvalue weighted by Crippen LogP contribution is -2.30. The van der Waals surface area contributed by atoms with E-state index in [2.05, 4.69) is 5.32 Å². The van der Waals surface area contributed by atoms with Crippen molar-refractivity contribution < 1.29 is 13.6 Å². The quantitative estimate of drug-likeness (QED) is 0.818. The molecule has 0 saturated heterocycles. The number of amides is 1.